The lowest BCUT2D eigenvalue weighted by molar-refractivity contribution is -0.116. The summed E-state index contributed by atoms with van der Waals surface area (Å²) in [5.74, 6) is -0.178. The van der Waals surface area contributed by atoms with Gasteiger partial charge in [-0.15, -0.1) is 11.3 Å². The molecule has 0 radical (unpaired) electrons. The fourth-order valence-corrected chi connectivity index (χ4v) is 4.90. The van der Waals surface area contributed by atoms with Crippen LogP contribution in [0.25, 0.3) is 10.2 Å². The summed E-state index contributed by atoms with van der Waals surface area (Å²) in [6.07, 6.45) is 5.38. The lowest BCUT2D eigenvalue weighted by Crippen LogP contribution is -2.36. The molecule has 3 aromatic heterocycles. The van der Waals surface area contributed by atoms with E-state index in [-0.39, 0.29) is 30.9 Å². The number of carbonyl (C=O) groups excluding carboxylic acids is 3. The van der Waals surface area contributed by atoms with Crippen molar-refractivity contribution >= 4 is 56.5 Å². The van der Waals surface area contributed by atoms with Gasteiger partial charge in [0.1, 0.15) is 9.71 Å². The maximum Gasteiger partial charge on any atom is 0.331 e. The minimum Gasteiger partial charge on any atom is -0.351 e. The van der Waals surface area contributed by atoms with E-state index in [9.17, 15) is 14.4 Å². The highest BCUT2D eigenvalue weighted by molar-refractivity contribution is 7.21. The van der Waals surface area contributed by atoms with E-state index in [1.165, 1.54) is 17.4 Å². The number of rotatable bonds is 8. The summed E-state index contributed by atoms with van der Waals surface area (Å²) in [7, 11) is 0. The van der Waals surface area contributed by atoms with Crippen molar-refractivity contribution in [1.29, 1.82) is 0 Å². The molecule has 0 saturated carbocycles. The van der Waals surface area contributed by atoms with E-state index >= 15 is 0 Å². The van der Waals surface area contributed by atoms with Crippen molar-refractivity contribution in [3.63, 3.8) is 0 Å². The first kappa shape index (κ1) is 23.4. The Morgan fingerprint density at radius 1 is 1.24 bits per heavy atom. The number of urea groups is 1. The Morgan fingerprint density at radius 3 is 2.71 bits per heavy atom. The topological polar surface area (TPSA) is 116 Å². The number of anilines is 3. The molecule has 10 heteroatoms. The van der Waals surface area contributed by atoms with Gasteiger partial charge in [-0.2, -0.15) is 0 Å². The Hall–Kier alpha value is -3.79. The molecule has 0 saturated heterocycles. The molecular formula is C24H26N6O3S. The van der Waals surface area contributed by atoms with E-state index in [1.54, 1.807) is 23.4 Å². The van der Waals surface area contributed by atoms with Gasteiger partial charge in [0, 0.05) is 25.0 Å². The highest BCUT2D eigenvalue weighted by atomic mass is 32.1. The first-order chi connectivity index (χ1) is 16.3. The zero-order valence-electron chi connectivity index (χ0n) is 19.3. The smallest absolute Gasteiger partial charge is 0.331 e. The van der Waals surface area contributed by atoms with Crippen LogP contribution in [0.4, 0.5) is 21.9 Å². The first-order valence-corrected chi connectivity index (χ1v) is 11.8. The van der Waals surface area contributed by atoms with Crippen LogP contribution in [-0.2, 0) is 11.2 Å². The zero-order valence-corrected chi connectivity index (χ0v) is 20.1. The van der Waals surface area contributed by atoms with E-state index in [0.29, 0.717) is 38.1 Å². The highest BCUT2D eigenvalue weighted by Gasteiger charge is 2.33. The molecule has 0 spiro atoms. The number of aromatic nitrogens is 2. The molecule has 3 N–H and O–H groups in total. The highest BCUT2D eigenvalue weighted by Crippen LogP contribution is 2.46. The van der Waals surface area contributed by atoms with Crippen molar-refractivity contribution in [1.82, 2.24) is 20.6 Å². The molecule has 0 aliphatic carbocycles. The van der Waals surface area contributed by atoms with Crippen molar-refractivity contribution < 1.29 is 14.4 Å². The lowest BCUT2D eigenvalue weighted by atomic mass is 10.1. The second-order valence-corrected chi connectivity index (χ2v) is 9.39. The van der Waals surface area contributed by atoms with Gasteiger partial charge in [0.05, 0.1) is 28.6 Å². The maximum absolute atomic E-state index is 13.2. The molecule has 0 bridgehead atoms. The number of amides is 4. The van der Waals surface area contributed by atoms with Gasteiger partial charge in [0.25, 0.3) is 5.91 Å². The normalized spacial score (nSPS) is 12.6. The Balaban J connectivity index is 1.65. The molecule has 4 rings (SSSR count). The molecule has 9 nitrogen and oxygen atoms in total. The van der Waals surface area contributed by atoms with Crippen molar-refractivity contribution in [3.8, 4) is 0 Å². The van der Waals surface area contributed by atoms with Crippen LogP contribution in [0.3, 0.4) is 0 Å². The Kier molecular flexibility index (Phi) is 6.60. The molecule has 4 amide bonds. The van der Waals surface area contributed by atoms with Crippen molar-refractivity contribution in [2.45, 2.75) is 27.2 Å². The Labute approximate surface area is 201 Å². The number of hydrogen-bond donors (Lipinski definition) is 3. The minimum absolute atomic E-state index is 0.236. The quantitative estimate of drug-likeness (QED) is 0.335. The maximum atomic E-state index is 13.2. The van der Waals surface area contributed by atoms with Crippen LogP contribution in [0.1, 0.15) is 34.8 Å². The number of pyridine rings is 2. The van der Waals surface area contributed by atoms with Gasteiger partial charge in [-0.25, -0.2) is 9.78 Å². The summed E-state index contributed by atoms with van der Waals surface area (Å²) in [5.41, 5.74) is 3.69. The van der Waals surface area contributed by atoms with E-state index < -0.39 is 0 Å². The van der Waals surface area contributed by atoms with Crippen molar-refractivity contribution in [3.05, 3.63) is 53.3 Å². The number of aryl methyl sites for hydroxylation is 1. The van der Waals surface area contributed by atoms with E-state index in [4.69, 9.17) is 0 Å². The number of thiophene rings is 1. The monoisotopic (exact) mass is 478 g/mol. The van der Waals surface area contributed by atoms with Crippen LogP contribution in [0.5, 0.6) is 0 Å². The van der Waals surface area contributed by atoms with Gasteiger partial charge < -0.3 is 16.0 Å². The first-order valence-electron chi connectivity index (χ1n) is 11.0. The van der Waals surface area contributed by atoms with Crippen LogP contribution in [-0.4, -0.2) is 40.9 Å². The number of hydrogen-bond acceptors (Lipinski definition) is 6. The molecular weight excluding hydrogens is 452 g/mol. The van der Waals surface area contributed by atoms with Crippen LogP contribution in [0, 0.1) is 12.8 Å². The molecule has 3 aromatic rings. The summed E-state index contributed by atoms with van der Waals surface area (Å²) in [6.45, 7) is 10.1. The van der Waals surface area contributed by atoms with Gasteiger partial charge in [-0.1, -0.05) is 20.4 Å². The predicted octanol–water partition coefficient (Wildman–Crippen LogP) is 3.91. The lowest BCUT2D eigenvalue weighted by Gasteiger charge is -2.29. The van der Waals surface area contributed by atoms with Crippen molar-refractivity contribution in [2.75, 3.05) is 23.3 Å². The Bertz CT molecular complexity index is 1300. The standard InChI is InChI=1S/C24H26N6O3S/c1-5-18(31)25-8-9-26-22(32)21-20-19-16(6-7-27-23(19)34-21)30(24(33)29-20)17-12-28-15(10-13(2)3)11-14(17)4/h5-7,11-13H,1,8-10H2,2-4H3,(H,25,31)(H,26,32)(H,29,33). The average molecular weight is 479 g/mol. The second kappa shape index (κ2) is 9.60. The SMILES string of the molecule is C=CC(=O)NCCNC(=O)c1sc2nccc3c2c1NC(=O)N3c1cnc(CC(C)C)cc1C. The molecule has 0 fully saturated rings. The molecule has 0 unspecified atom stereocenters. The van der Waals surface area contributed by atoms with Gasteiger partial charge >= 0.3 is 6.03 Å². The fraction of sp³-hybridized carbons (Fsp3) is 0.292. The molecule has 4 heterocycles. The molecule has 34 heavy (non-hydrogen) atoms. The van der Waals surface area contributed by atoms with Crippen LogP contribution >= 0.6 is 11.3 Å². The van der Waals surface area contributed by atoms with Crippen LogP contribution in [0.2, 0.25) is 0 Å². The van der Waals surface area contributed by atoms with Crippen LogP contribution in [0.15, 0.2) is 37.2 Å². The molecule has 1 aliphatic heterocycles. The van der Waals surface area contributed by atoms with Gasteiger partial charge in [-0.3, -0.25) is 19.5 Å². The van der Waals surface area contributed by atoms with E-state index in [2.05, 4.69) is 46.3 Å². The predicted molar refractivity (Wildman–Crippen MR) is 134 cm³/mol. The second-order valence-electron chi connectivity index (χ2n) is 8.39. The van der Waals surface area contributed by atoms with E-state index in [0.717, 1.165) is 17.7 Å². The van der Waals surface area contributed by atoms with Gasteiger partial charge in [0.2, 0.25) is 5.91 Å². The zero-order chi connectivity index (χ0) is 24.4. The molecule has 1 aliphatic rings. The summed E-state index contributed by atoms with van der Waals surface area (Å²) < 4.78 is 0. The van der Waals surface area contributed by atoms with E-state index in [1.807, 2.05) is 13.0 Å². The third-order valence-corrected chi connectivity index (χ3v) is 6.44. The molecule has 0 atom stereocenters. The summed E-state index contributed by atoms with van der Waals surface area (Å²) in [6, 6.07) is 3.41. The third-order valence-electron chi connectivity index (χ3n) is 5.35. The van der Waals surface area contributed by atoms with Gasteiger partial charge in [0.15, 0.2) is 0 Å². The third kappa shape index (κ3) is 4.49. The summed E-state index contributed by atoms with van der Waals surface area (Å²) in [4.78, 5) is 48.9. The number of carbonyl (C=O) groups is 3. The minimum atomic E-state index is -0.368. The summed E-state index contributed by atoms with van der Waals surface area (Å²) >= 11 is 1.21. The largest absolute Gasteiger partial charge is 0.351 e. The number of nitrogens with one attached hydrogen (secondary N) is 3. The Morgan fingerprint density at radius 2 is 2.00 bits per heavy atom. The average Bonchev–Trinajstić information content (AvgIpc) is 3.16. The van der Waals surface area contributed by atoms with Crippen molar-refractivity contribution in [2.24, 2.45) is 5.92 Å². The molecule has 0 aromatic carbocycles. The van der Waals surface area contributed by atoms with Crippen LogP contribution < -0.4 is 20.9 Å². The molecule has 176 valence electrons. The fourth-order valence-electron chi connectivity index (χ4n) is 3.87. The summed E-state index contributed by atoms with van der Waals surface area (Å²) in [5, 5.41) is 8.96. The number of nitrogens with zero attached hydrogens (tertiary/aromatic N) is 3. The van der Waals surface area contributed by atoms with Gasteiger partial charge in [-0.05, 0) is 43.0 Å².